The van der Waals surface area contributed by atoms with Crippen LogP contribution in [0.2, 0.25) is 0 Å². The molecule has 172 valence electrons. The number of fused-ring (bicyclic) bond motifs is 1. The van der Waals surface area contributed by atoms with Crippen LogP contribution in [0, 0.1) is 12.8 Å². The van der Waals surface area contributed by atoms with Crippen LogP contribution in [-0.4, -0.2) is 60.8 Å². The van der Waals surface area contributed by atoms with E-state index in [9.17, 15) is 9.59 Å². The molecule has 2 saturated heterocycles. The van der Waals surface area contributed by atoms with Crippen LogP contribution in [0.4, 0.5) is 10.8 Å². The van der Waals surface area contributed by atoms with Crippen molar-refractivity contribution in [3.05, 3.63) is 53.6 Å². The van der Waals surface area contributed by atoms with E-state index in [1.165, 1.54) is 10.3 Å². The molecule has 0 bridgehead atoms. The van der Waals surface area contributed by atoms with E-state index in [1.54, 1.807) is 18.3 Å². The summed E-state index contributed by atoms with van der Waals surface area (Å²) in [5.74, 6) is 0.502. The van der Waals surface area contributed by atoms with Crippen LogP contribution in [0.5, 0.6) is 0 Å². The molecule has 0 radical (unpaired) electrons. The number of carbonyl (C=O) groups is 2. The summed E-state index contributed by atoms with van der Waals surface area (Å²) in [6.45, 7) is 8.64. The number of hydrogen-bond acceptors (Lipinski definition) is 6. The first-order valence-electron chi connectivity index (χ1n) is 11.7. The van der Waals surface area contributed by atoms with Crippen molar-refractivity contribution in [3.8, 4) is 0 Å². The third kappa shape index (κ3) is 4.60. The molecule has 0 N–H and O–H groups in total. The van der Waals surface area contributed by atoms with Gasteiger partial charge in [0.25, 0.3) is 0 Å². The molecule has 7 heteroatoms. The van der Waals surface area contributed by atoms with Gasteiger partial charge in [-0.25, -0.2) is 4.98 Å². The molecule has 6 nitrogen and oxygen atoms in total. The maximum absolute atomic E-state index is 13.2. The van der Waals surface area contributed by atoms with Gasteiger partial charge in [-0.05, 0) is 68.7 Å². The second kappa shape index (κ2) is 9.14. The molecule has 3 aromatic rings. The molecule has 1 aromatic heterocycles. The Hall–Kier alpha value is -2.93. The third-order valence-electron chi connectivity index (χ3n) is 6.88. The number of aryl methyl sites for hydroxylation is 1. The van der Waals surface area contributed by atoms with Crippen molar-refractivity contribution >= 4 is 44.1 Å². The molecule has 2 fully saturated rings. The van der Waals surface area contributed by atoms with Gasteiger partial charge in [0, 0.05) is 56.4 Å². The number of anilines is 2. The van der Waals surface area contributed by atoms with Gasteiger partial charge in [-0.1, -0.05) is 17.4 Å². The minimum atomic E-state index is 0.0845. The summed E-state index contributed by atoms with van der Waals surface area (Å²) >= 11 is 1.75. The Balaban J connectivity index is 1.14. The summed E-state index contributed by atoms with van der Waals surface area (Å²) in [5, 5.41) is 1.07. The first-order chi connectivity index (χ1) is 16.0. The lowest BCUT2D eigenvalue weighted by molar-refractivity contribution is -0.136. The minimum Gasteiger partial charge on any atom is -0.368 e. The monoisotopic (exact) mass is 462 g/mol. The molecule has 2 aliphatic heterocycles. The topological polar surface area (TPSA) is 56.8 Å². The highest BCUT2D eigenvalue weighted by Gasteiger charge is 2.31. The number of aromatic nitrogens is 1. The molecular formula is C26H30N4O2S. The highest BCUT2D eigenvalue weighted by Crippen LogP contribution is 2.32. The smallest absolute Gasteiger partial charge is 0.225 e. The number of piperidine rings is 1. The van der Waals surface area contributed by atoms with Crippen molar-refractivity contribution in [3.63, 3.8) is 0 Å². The fourth-order valence-electron chi connectivity index (χ4n) is 4.82. The van der Waals surface area contributed by atoms with Crippen molar-refractivity contribution in [2.45, 2.75) is 26.7 Å². The SMILES string of the molecule is CC(=O)c1ccc(N2CCN(C(=O)C3CCN(c4nc5ccc(C)cc5s4)CC3)CC2)cc1. The van der Waals surface area contributed by atoms with Gasteiger partial charge in [-0.3, -0.25) is 9.59 Å². The molecule has 1 amide bonds. The maximum Gasteiger partial charge on any atom is 0.225 e. The molecule has 0 spiro atoms. The lowest BCUT2D eigenvalue weighted by atomic mass is 9.95. The number of amides is 1. The van der Waals surface area contributed by atoms with Gasteiger partial charge in [-0.15, -0.1) is 0 Å². The van der Waals surface area contributed by atoms with Gasteiger partial charge in [0.15, 0.2) is 10.9 Å². The van der Waals surface area contributed by atoms with Crippen LogP contribution < -0.4 is 9.80 Å². The first kappa shape index (κ1) is 21.9. The van der Waals surface area contributed by atoms with Gasteiger partial charge in [0.1, 0.15) is 0 Å². The van der Waals surface area contributed by atoms with Crippen LogP contribution in [0.25, 0.3) is 10.2 Å². The lowest BCUT2D eigenvalue weighted by Crippen LogP contribution is -2.51. The van der Waals surface area contributed by atoms with E-state index in [0.29, 0.717) is 5.91 Å². The molecule has 0 saturated carbocycles. The summed E-state index contributed by atoms with van der Waals surface area (Å²) < 4.78 is 1.23. The second-order valence-electron chi connectivity index (χ2n) is 9.14. The predicted octanol–water partition coefficient (Wildman–Crippen LogP) is 4.37. The molecule has 0 unspecified atom stereocenters. The fourth-order valence-corrected chi connectivity index (χ4v) is 5.94. The van der Waals surface area contributed by atoms with Crippen molar-refractivity contribution in [2.75, 3.05) is 49.1 Å². The Labute approximate surface area is 198 Å². The number of Topliss-reactive ketones (excluding diaryl/α,β-unsaturated/α-hetero) is 1. The molecule has 0 aliphatic carbocycles. The van der Waals surface area contributed by atoms with Crippen molar-refractivity contribution in [2.24, 2.45) is 5.92 Å². The van der Waals surface area contributed by atoms with Crippen LogP contribution in [0.15, 0.2) is 42.5 Å². The summed E-state index contributed by atoms with van der Waals surface area (Å²) in [4.78, 5) is 36.2. The average molecular weight is 463 g/mol. The van der Waals surface area contributed by atoms with Crippen molar-refractivity contribution < 1.29 is 9.59 Å². The Morgan fingerprint density at radius 3 is 2.27 bits per heavy atom. The van der Waals surface area contributed by atoms with Gasteiger partial charge in [-0.2, -0.15) is 0 Å². The number of piperazine rings is 1. The average Bonchev–Trinajstić information content (AvgIpc) is 3.27. The number of rotatable bonds is 4. The molecule has 3 heterocycles. The third-order valence-corrected chi connectivity index (χ3v) is 7.96. The molecule has 0 atom stereocenters. The number of nitrogens with zero attached hydrogens (tertiary/aromatic N) is 4. The largest absolute Gasteiger partial charge is 0.368 e. The zero-order valence-corrected chi connectivity index (χ0v) is 20.1. The van der Waals surface area contributed by atoms with E-state index < -0.39 is 0 Å². The number of benzene rings is 2. The van der Waals surface area contributed by atoms with Gasteiger partial charge >= 0.3 is 0 Å². The van der Waals surface area contributed by atoms with Gasteiger partial charge in [0.05, 0.1) is 10.2 Å². The van der Waals surface area contributed by atoms with Gasteiger partial charge in [0.2, 0.25) is 5.91 Å². The van der Waals surface area contributed by atoms with Crippen molar-refractivity contribution in [1.82, 2.24) is 9.88 Å². The summed E-state index contributed by atoms with van der Waals surface area (Å²) in [5.41, 5.74) is 4.18. The number of ketones is 1. The number of hydrogen-bond donors (Lipinski definition) is 0. The molecule has 2 aliphatic rings. The predicted molar refractivity (Wildman–Crippen MR) is 135 cm³/mol. The zero-order valence-electron chi connectivity index (χ0n) is 19.3. The van der Waals surface area contributed by atoms with E-state index >= 15 is 0 Å². The first-order valence-corrected chi connectivity index (χ1v) is 12.6. The summed E-state index contributed by atoms with van der Waals surface area (Å²) in [6.07, 6.45) is 1.78. The van der Waals surface area contributed by atoms with Gasteiger partial charge < -0.3 is 14.7 Å². The van der Waals surface area contributed by atoms with E-state index in [2.05, 4.69) is 34.9 Å². The van der Waals surface area contributed by atoms with Crippen LogP contribution >= 0.6 is 11.3 Å². The van der Waals surface area contributed by atoms with Crippen molar-refractivity contribution in [1.29, 1.82) is 0 Å². The summed E-state index contributed by atoms with van der Waals surface area (Å²) in [7, 11) is 0. The van der Waals surface area contributed by atoms with E-state index in [4.69, 9.17) is 4.98 Å². The normalized spacial score (nSPS) is 17.6. The van der Waals surface area contributed by atoms with E-state index in [0.717, 1.165) is 74.0 Å². The maximum atomic E-state index is 13.2. The minimum absolute atomic E-state index is 0.0845. The van der Waals surface area contributed by atoms with Crippen LogP contribution in [0.3, 0.4) is 0 Å². The Morgan fingerprint density at radius 2 is 1.61 bits per heavy atom. The highest BCUT2D eigenvalue weighted by atomic mass is 32.1. The van der Waals surface area contributed by atoms with E-state index in [1.807, 2.05) is 29.2 Å². The molecular weight excluding hydrogens is 432 g/mol. The number of thiazole rings is 1. The molecule has 33 heavy (non-hydrogen) atoms. The number of carbonyl (C=O) groups excluding carboxylic acids is 2. The van der Waals surface area contributed by atoms with Crippen LogP contribution in [0.1, 0.15) is 35.7 Å². The lowest BCUT2D eigenvalue weighted by Gasteiger charge is -2.39. The Kier molecular flexibility index (Phi) is 6.06. The Morgan fingerprint density at radius 1 is 0.909 bits per heavy atom. The fraction of sp³-hybridized carbons (Fsp3) is 0.423. The second-order valence-corrected chi connectivity index (χ2v) is 10.2. The molecule has 5 rings (SSSR count). The molecule has 2 aromatic carbocycles. The van der Waals surface area contributed by atoms with Crippen LogP contribution in [-0.2, 0) is 4.79 Å². The van der Waals surface area contributed by atoms with E-state index in [-0.39, 0.29) is 11.7 Å². The Bertz CT molecular complexity index is 1160. The summed E-state index contributed by atoms with van der Waals surface area (Å²) in [6, 6.07) is 14.2. The highest BCUT2D eigenvalue weighted by molar-refractivity contribution is 7.22. The zero-order chi connectivity index (χ0) is 22.9. The standard InChI is InChI=1S/C26H30N4O2S/c1-18-3-8-23-24(17-18)33-26(27-23)30-11-9-21(10-12-30)25(32)29-15-13-28(14-16-29)22-6-4-20(5-7-22)19(2)31/h3-8,17,21H,9-16H2,1-2H3. The quantitative estimate of drug-likeness (QED) is 0.539.